The first kappa shape index (κ1) is 11.4. The zero-order chi connectivity index (χ0) is 12.5. The Labute approximate surface area is 115 Å². The molecule has 0 aromatic carbocycles. The van der Waals surface area contributed by atoms with Crippen LogP contribution < -0.4 is 5.73 Å². The SMILES string of the molecule is Nc1ccc(-c2nc(-c3ccc(Br)s3)no2)cn1. The molecule has 0 atom stereocenters. The van der Waals surface area contributed by atoms with E-state index in [4.69, 9.17) is 10.3 Å². The summed E-state index contributed by atoms with van der Waals surface area (Å²) < 4.78 is 6.23. The van der Waals surface area contributed by atoms with Crippen molar-refractivity contribution in [3.05, 3.63) is 34.2 Å². The van der Waals surface area contributed by atoms with Gasteiger partial charge < -0.3 is 10.3 Å². The maximum atomic E-state index is 5.52. The van der Waals surface area contributed by atoms with Gasteiger partial charge in [-0.2, -0.15) is 4.98 Å². The third-order valence-electron chi connectivity index (χ3n) is 2.25. The molecule has 0 radical (unpaired) electrons. The average molecular weight is 323 g/mol. The number of hydrogen-bond acceptors (Lipinski definition) is 6. The van der Waals surface area contributed by atoms with Crippen molar-refractivity contribution in [2.24, 2.45) is 0 Å². The first-order valence-electron chi connectivity index (χ1n) is 5.04. The van der Waals surface area contributed by atoms with Crippen LogP contribution in [-0.2, 0) is 0 Å². The fourth-order valence-electron chi connectivity index (χ4n) is 1.41. The van der Waals surface area contributed by atoms with E-state index in [-0.39, 0.29) is 0 Å². The maximum Gasteiger partial charge on any atom is 0.259 e. The van der Waals surface area contributed by atoms with Crippen molar-refractivity contribution in [2.75, 3.05) is 5.73 Å². The van der Waals surface area contributed by atoms with E-state index >= 15 is 0 Å². The van der Waals surface area contributed by atoms with E-state index in [0.29, 0.717) is 17.5 Å². The predicted octanol–water partition coefficient (Wildman–Crippen LogP) is 3.20. The van der Waals surface area contributed by atoms with E-state index in [0.717, 1.165) is 14.2 Å². The van der Waals surface area contributed by atoms with Crippen molar-refractivity contribution in [3.63, 3.8) is 0 Å². The number of nitrogens with zero attached hydrogens (tertiary/aromatic N) is 3. The van der Waals surface area contributed by atoms with Crippen molar-refractivity contribution in [3.8, 4) is 22.2 Å². The number of pyridine rings is 1. The fraction of sp³-hybridized carbons (Fsp3) is 0. The Bertz CT molecular complexity index is 676. The largest absolute Gasteiger partial charge is 0.384 e. The summed E-state index contributed by atoms with van der Waals surface area (Å²) in [6.45, 7) is 0. The van der Waals surface area contributed by atoms with Crippen LogP contribution in [0.1, 0.15) is 0 Å². The molecule has 3 aromatic rings. The normalized spacial score (nSPS) is 10.7. The molecule has 0 spiro atoms. The van der Waals surface area contributed by atoms with Crippen molar-refractivity contribution >= 4 is 33.1 Å². The third-order valence-corrected chi connectivity index (χ3v) is 3.87. The molecule has 0 saturated carbocycles. The first-order chi connectivity index (χ1) is 8.72. The molecule has 3 aromatic heterocycles. The standard InChI is InChI=1S/C11H7BrN4OS/c12-8-3-2-7(18-8)10-15-11(17-16-10)6-1-4-9(13)14-5-6/h1-5H,(H2,13,14). The lowest BCUT2D eigenvalue weighted by atomic mass is 10.3. The van der Waals surface area contributed by atoms with Gasteiger partial charge in [0.05, 0.1) is 14.2 Å². The Morgan fingerprint density at radius 2 is 2.11 bits per heavy atom. The molecule has 0 bridgehead atoms. The lowest BCUT2D eigenvalue weighted by molar-refractivity contribution is 0.432. The minimum absolute atomic E-state index is 0.432. The Balaban J connectivity index is 1.96. The van der Waals surface area contributed by atoms with Gasteiger partial charge in [-0.25, -0.2) is 4.98 Å². The number of nitrogens with two attached hydrogens (primary N) is 1. The van der Waals surface area contributed by atoms with E-state index in [1.165, 1.54) is 0 Å². The van der Waals surface area contributed by atoms with E-state index in [1.54, 1.807) is 29.7 Å². The van der Waals surface area contributed by atoms with E-state index < -0.39 is 0 Å². The van der Waals surface area contributed by atoms with E-state index in [1.807, 2.05) is 12.1 Å². The molecule has 3 rings (SSSR count). The molecule has 0 saturated heterocycles. The first-order valence-corrected chi connectivity index (χ1v) is 6.64. The van der Waals surface area contributed by atoms with Crippen molar-refractivity contribution in [2.45, 2.75) is 0 Å². The molecule has 7 heteroatoms. The molecule has 0 aliphatic heterocycles. The van der Waals surface area contributed by atoms with Crippen molar-refractivity contribution < 1.29 is 4.52 Å². The maximum absolute atomic E-state index is 5.52. The summed E-state index contributed by atoms with van der Waals surface area (Å²) >= 11 is 4.95. The summed E-state index contributed by atoms with van der Waals surface area (Å²) in [4.78, 5) is 9.26. The Morgan fingerprint density at radius 3 is 2.78 bits per heavy atom. The molecular formula is C11H7BrN4OS. The lowest BCUT2D eigenvalue weighted by Gasteiger charge is -1.93. The van der Waals surface area contributed by atoms with Gasteiger partial charge in [0, 0.05) is 6.20 Å². The molecule has 5 nitrogen and oxygen atoms in total. The van der Waals surface area contributed by atoms with Gasteiger partial charge in [0.2, 0.25) is 5.82 Å². The van der Waals surface area contributed by atoms with Gasteiger partial charge in [-0.1, -0.05) is 5.16 Å². The van der Waals surface area contributed by atoms with Crippen molar-refractivity contribution in [1.82, 2.24) is 15.1 Å². The van der Waals surface area contributed by atoms with Gasteiger partial charge in [-0.3, -0.25) is 0 Å². The quantitative estimate of drug-likeness (QED) is 0.783. The lowest BCUT2D eigenvalue weighted by Crippen LogP contribution is -1.88. The molecular weight excluding hydrogens is 316 g/mol. The topological polar surface area (TPSA) is 77.8 Å². The Morgan fingerprint density at radius 1 is 1.22 bits per heavy atom. The molecule has 0 amide bonds. The molecule has 0 fully saturated rings. The van der Waals surface area contributed by atoms with Gasteiger partial charge in [-0.05, 0) is 40.2 Å². The van der Waals surface area contributed by atoms with Crippen LogP contribution in [0.4, 0.5) is 5.82 Å². The highest BCUT2D eigenvalue weighted by atomic mass is 79.9. The number of hydrogen-bond donors (Lipinski definition) is 1. The molecule has 90 valence electrons. The Hall–Kier alpha value is -1.73. The monoisotopic (exact) mass is 322 g/mol. The highest BCUT2D eigenvalue weighted by Gasteiger charge is 2.12. The molecule has 3 heterocycles. The predicted molar refractivity (Wildman–Crippen MR) is 73.0 cm³/mol. The summed E-state index contributed by atoms with van der Waals surface area (Å²) in [5.74, 6) is 1.46. The highest BCUT2D eigenvalue weighted by Crippen LogP contribution is 2.30. The zero-order valence-electron chi connectivity index (χ0n) is 9.00. The van der Waals surface area contributed by atoms with E-state index in [2.05, 4.69) is 31.1 Å². The minimum atomic E-state index is 0.432. The van der Waals surface area contributed by atoms with Gasteiger partial charge in [-0.15, -0.1) is 11.3 Å². The second-order valence-corrected chi connectivity index (χ2v) is 5.96. The number of aromatic nitrogens is 3. The van der Waals surface area contributed by atoms with Gasteiger partial charge >= 0.3 is 0 Å². The summed E-state index contributed by atoms with van der Waals surface area (Å²) in [6, 6.07) is 7.37. The van der Waals surface area contributed by atoms with E-state index in [9.17, 15) is 0 Å². The van der Waals surface area contributed by atoms with Crippen LogP contribution in [-0.4, -0.2) is 15.1 Å². The van der Waals surface area contributed by atoms with Crippen molar-refractivity contribution in [1.29, 1.82) is 0 Å². The summed E-state index contributed by atoms with van der Waals surface area (Å²) in [6.07, 6.45) is 1.61. The average Bonchev–Trinajstić information content (AvgIpc) is 2.98. The van der Waals surface area contributed by atoms with Crippen LogP contribution in [0.3, 0.4) is 0 Å². The molecule has 18 heavy (non-hydrogen) atoms. The smallest absolute Gasteiger partial charge is 0.259 e. The van der Waals surface area contributed by atoms with Crippen LogP contribution in [0.2, 0.25) is 0 Å². The van der Waals surface area contributed by atoms with Gasteiger partial charge in [0.25, 0.3) is 5.89 Å². The second kappa shape index (κ2) is 4.51. The number of rotatable bonds is 2. The number of anilines is 1. The zero-order valence-corrected chi connectivity index (χ0v) is 11.4. The van der Waals surface area contributed by atoms with Crippen LogP contribution in [0.15, 0.2) is 38.8 Å². The van der Waals surface area contributed by atoms with Crippen LogP contribution in [0.5, 0.6) is 0 Å². The third kappa shape index (κ3) is 2.14. The molecule has 0 aliphatic carbocycles. The number of halogens is 1. The summed E-state index contributed by atoms with van der Waals surface area (Å²) in [5, 5.41) is 3.94. The van der Waals surface area contributed by atoms with Gasteiger partial charge in [0.1, 0.15) is 5.82 Å². The summed E-state index contributed by atoms with van der Waals surface area (Å²) in [7, 11) is 0. The summed E-state index contributed by atoms with van der Waals surface area (Å²) in [5.41, 5.74) is 6.27. The van der Waals surface area contributed by atoms with Crippen LogP contribution in [0, 0.1) is 0 Å². The number of nitrogen functional groups attached to an aromatic ring is 1. The van der Waals surface area contributed by atoms with Crippen LogP contribution in [0.25, 0.3) is 22.2 Å². The fourth-order valence-corrected chi connectivity index (χ4v) is 2.72. The Kier molecular flexibility index (Phi) is 2.85. The van der Waals surface area contributed by atoms with Crippen LogP contribution >= 0.6 is 27.3 Å². The van der Waals surface area contributed by atoms with Gasteiger partial charge in [0.15, 0.2) is 0 Å². The molecule has 0 unspecified atom stereocenters. The second-order valence-electron chi connectivity index (χ2n) is 3.50. The number of thiophene rings is 1. The highest BCUT2D eigenvalue weighted by molar-refractivity contribution is 9.11. The molecule has 2 N–H and O–H groups in total. The molecule has 0 aliphatic rings. The minimum Gasteiger partial charge on any atom is -0.384 e.